The zero-order valence-electron chi connectivity index (χ0n) is 9.26. The van der Waals surface area contributed by atoms with Crippen LogP contribution in [0.15, 0.2) is 30.3 Å². The van der Waals surface area contributed by atoms with Gasteiger partial charge >= 0.3 is 12.1 Å². The van der Waals surface area contributed by atoms with Gasteiger partial charge < -0.3 is 0 Å². The number of rotatable bonds is 3. The second-order valence-corrected chi connectivity index (χ2v) is 3.64. The Kier molecular flexibility index (Phi) is 3.88. The Hall–Kier alpha value is -1.72. The summed E-state index contributed by atoms with van der Waals surface area (Å²) in [4.78, 5) is 10.6. The van der Waals surface area contributed by atoms with Crippen LogP contribution in [0, 0.1) is 0 Å². The van der Waals surface area contributed by atoms with E-state index < -0.39 is 17.7 Å². The van der Waals surface area contributed by atoms with E-state index in [1.165, 1.54) is 19.1 Å². The van der Waals surface area contributed by atoms with Gasteiger partial charge in [-0.25, -0.2) is 0 Å². The molecule has 0 radical (unpaired) electrons. The SMILES string of the molecule is CC(=O)/C=C/c1cccc(C(F)(F)C(F)(F)F)c1. The molecule has 0 spiro atoms. The van der Waals surface area contributed by atoms with Crippen molar-refractivity contribution in [2.75, 3.05) is 0 Å². The minimum Gasteiger partial charge on any atom is -0.295 e. The maximum absolute atomic E-state index is 13.0. The van der Waals surface area contributed by atoms with Gasteiger partial charge in [0.1, 0.15) is 0 Å². The first kappa shape index (κ1) is 14.3. The van der Waals surface area contributed by atoms with Crippen LogP contribution in [0.4, 0.5) is 22.0 Å². The number of alkyl halides is 5. The van der Waals surface area contributed by atoms with Crippen LogP contribution in [0.25, 0.3) is 6.08 Å². The van der Waals surface area contributed by atoms with Gasteiger partial charge in [0.15, 0.2) is 5.78 Å². The third-order valence-corrected chi connectivity index (χ3v) is 2.12. The van der Waals surface area contributed by atoms with Crippen LogP contribution in [0.3, 0.4) is 0 Å². The summed E-state index contributed by atoms with van der Waals surface area (Å²) in [5.74, 6) is -5.24. The van der Waals surface area contributed by atoms with Crippen molar-refractivity contribution in [3.8, 4) is 0 Å². The number of carbonyl (C=O) groups is 1. The Labute approximate surface area is 99.9 Å². The van der Waals surface area contributed by atoms with Crippen molar-refractivity contribution in [3.63, 3.8) is 0 Å². The molecule has 18 heavy (non-hydrogen) atoms. The van der Waals surface area contributed by atoms with Crippen molar-refractivity contribution < 1.29 is 26.7 Å². The number of halogens is 5. The van der Waals surface area contributed by atoms with Crippen molar-refractivity contribution in [2.45, 2.75) is 19.0 Å². The first-order valence-electron chi connectivity index (χ1n) is 4.88. The van der Waals surface area contributed by atoms with E-state index >= 15 is 0 Å². The predicted molar refractivity (Wildman–Crippen MR) is 56.1 cm³/mol. The normalized spacial score (nSPS) is 13.0. The number of allylic oxidation sites excluding steroid dienone is 1. The summed E-state index contributed by atoms with van der Waals surface area (Å²) in [7, 11) is 0. The summed E-state index contributed by atoms with van der Waals surface area (Å²) in [6, 6.07) is 3.80. The molecule has 1 aromatic carbocycles. The van der Waals surface area contributed by atoms with E-state index in [1.54, 1.807) is 0 Å². The molecule has 0 N–H and O–H groups in total. The predicted octanol–water partition coefficient (Wildman–Crippen LogP) is 3.94. The third kappa shape index (κ3) is 3.15. The molecule has 0 aliphatic heterocycles. The molecule has 1 aromatic rings. The van der Waals surface area contributed by atoms with Gasteiger partial charge in [0.25, 0.3) is 0 Å². The maximum atomic E-state index is 13.0. The zero-order valence-corrected chi connectivity index (χ0v) is 9.26. The topological polar surface area (TPSA) is 17.1 Å². The zero-order chi connectivity index (χ0) is 14.0. The summed E-state index contributed by atoms with van der Waals surface area (Å²) in [5.41, 5.74) is -1.05. The van der Waals surface area contributed by atoms with E-state index in [0.29, 0.717) is 12.1 Å². The summed E-state index contributed by atoms with van der Waals surface area (Å²) < 4.78 is 62.5. The highest BCUT2D eigenvalue weighted by Crippen LogP contribution is 2.43. The van der Waals surface area contributed by atoms with E-state index in [4.69, 9.17) is 0 Å². The quantitative estimate of drug-likeness (QED) is 0.597. The molecule has 0 saturated carbocycles. The highest BCUT2D eigenvalue weighted by atomic mass is 19.4. The Balaban J connectivity index is 3.13. The van der Waals surface area contributed by atoms with Crippen LogP contribution < -0.4 is 0 Å². The second kappa shape index (κ2) is 4.88. The summed E-state index contributed by atoms with van der Waals surface area (Å²) in [6.45, 7) is 1.24. The largest absolute Gasteiger partial charge is 0.458 e. The van der Waals surface area contributed by atoms with Gasteiger partial charge in [-0.05, 0) is 24.6 Å². The molecule has 0 aromatic heterocycles. The van der Waals surface area contributed by atoms with Gasteiger partial charge in [-0.3, -0.25) is 4.79 Å². The highest BCUT2D eigenvalue weighted by molar-refractivity contribution is 5.91. The fourth-order valence-corrected chi connectivity index (χ4v) is 1.21. The Morgan fingerprint density at radius 2 is 1.78 bits per heavy atom. The van der Waals surface area contributed by atoms with E-state index in [0.717, 1.165) is 12.1 Å². The Morgan fingerprint density at radius 3 is 2.28 bits per heavy atom. The second-order valence-electron chi connectivity index (χ2n) is 3.64. The highest BCUT2D eigenvalue weighted by Gasteiger charge is 2.58. The van der Waals surface area contributed by atoms with Gasteiger partial charge in [0, 0.05) is 5.56 Å². The minimum atomic E-state index is -5.64. The van der Waals surface area contributed by atoms with Crippen molar-refractivity contribution >= 4 is 11.9 Å². The molecule has 98 valence electrons. The molecule has 0 atom stereocenters. The molecule has 0 aliphatic carbocycles. The molecular formula is C12H9F5O. The van der Waals surface area contributed by atoms with Crippen LogP contribution in [0.2, 0.25) is 0 Å². The molecule has 1 rings (SSSR count). The summed E-state index contributed by atoms with van der Waals surface area (Å²) in [5, 5.41) is 0. The minimum absolute atomic E-state index is 0.103. The van der Waals surface area contributed by atoms with E-state index in [1.807, 2.05) is 0 Å². The molecule has 0 amide bonds. The van der Waals surface area contributed by atoms with E-state index in [9.17, 15) is 26.7 Å². The number of benzene rings is 1. The van der Waals surface area contributed by atoms with Crippen LogP contribution in [-0.4, -0.2) is 12.0 Å². The summed E-state index contributed by atoms with van der Waals surface area (Å²) >= 11 is 0. The van der Waals surface area contributed by atoms with Crippen LogP contribution in [0.1, 0.15) is 18.1 Å². The van der Waals surface area contributed by atoms with Gasteiger partial charge in [-0.2, -0.15) is 22.0 Å². The molecule has 0 unspecified atom stereocenters. The summed E-state index contributed by atoms with van der Waals surface area (Å²) in [6.07, 6.45) is -3.38. The van der Waals surface area contributed by atoms with Crippen molar-refractivity contribution in [1.82, 2.24) is 0 Å². The monoisotopic (exact) mass is 264 g/mol. The van der Waals surface area contributed by atoms with E-state index in [2.05, 4.69) is 0 Å². The lowest BCUT2D eigenvalue weighted by Crippen LogP contribution is -2.33. The molecular weight excluding hydrogens is 255 g/mol. The lowest BCUT2D eigenvalue weighted by atomic mass is 10.0. The fraction of sp³-hybridized carbons (Fsp3) is 0.250. The molecule has 0 saturated heterocycles. The number of carbonyl (C=O) groups excluding carboxylic acids is 1. The average Bonchev–Trinajstić information content (AvgIpc) is 2.25. The number of ketones is 1. The molecule has 0 aliphatic rings. The Bertz CT molecular complexity index is 474. The van der Waals surface area contributed by atoms with Crippen molar-refractivity contribution in [2.24, 2.45) is 0 Å². The van der Waals surface area contributed by atoms with Gasteiger partial charge in [-0.15, -0.1) is 0 Å². The standard InChI is InChI=1S/C12H9F5O/c1-8(18)5-6-9-3-2-4-10(7-9)11(13,14)12(15,16)17/h2-7H,1H3/b6-5+. The van der Waals surface area contributed by atoms with Crippen LogP contribution in [0.5, 0.6) is 0 Å². The first-order chi connectivity index (χ1) is 8.14. The van der Waals surface area contributed by atoms with Crippen LogP contribution >= 0.6 is 0 Å². The first-order valence-corrected chi connectivity index (χ1v) is 4.88. The number of hydrogen-bond donors (Lipinski definition) is 0. The fourth-order valence-electron chi connectivity index (χ4n) is 1.21. The van der Waals surface area contributed by atoms with Gasteiger partial charge in [0.05, 0.1) is 0 Å². The van der Waals surface area contributed by atoms with Crippen molar-refractivity contribution in [1.29, 1.82) is 0 Å². The lowest BCUT2D eigenvalue weighted by molar-refractivity contribution is -0.289. The maximum Gasteiger partial charge on any atom is 0.458 e. The molecule has 6 heteroatoms. The van der Waals surface area contributed by atoms with Crippen LogP contribution in [-0.2, 0) is 10.7 Å². The van der Waals surface area contributed by atoms with Gasteiger partial charge in [-0.1, -0.05) is 24.3 Å². The molecule has 1 nitrogen and oxygen atoms in total. The average molecular weight is 264 g/mol. The third-order valence-electron chi connectivity index (χ3n) is 2.12. The molecule has 0 fully saturated rings. The van der Waals surface area contributed by atoms with Gasteiger partial charge in [0.2, 0.25) is 0 Å². The Morgan fingerprint density at radius 1 is 1.17 bits per heavy atom. The van der Waals surface area contributed by atoms with E-state index in [-0.39, 0.29) is 11.3 Å². The molecule has 0 heterocycles. The lowest BCUT2D eigenvalue weighted by Gasteiger charge is -2.20. The van der Waals surface area contributed by atoms with Crippen molar-refractivity contribution in [3.05, 3.63) is 41.5 Å². The number of hydrogen-bond acceptors (Lipinski definition) is 1. The molecule has 0 bridgehead atoms. The smallest absolute Gasteiger partial charge is 0.295 e.